The summed E-state index contributed by atoms with van der Waals surface area (Å²) in [6, 6.07) is 10.3. The van der Waals surface area contributed by atoms with Gasteiger partial charge in [0.25, 0.3) is 0 Å². The molecule has 0 amide bonds. The van der Waals surface area contributed by atoms with Crippen molar-refractivity contribution in [3.63, 3.8) is 0 Å². The number of benzene rings is 1. The van der Waals surface area contributed by atoms with E-state index in [4.69, 9.17) is 4.74 Å². The zero-order valence-corrected chi connectivity index (χ0v) is 9.52. The van der Waals surface area contributed by atoms with Crippen LogP contribution in [0.1, 0.15) is 19.4 Å². The molecule has 0 aliphatic carbocycles. The van der Waals surface area contributed by atoms with E-state index in [1.165, 1.54) is 5.56 Å². The van der Waals surface area contributed by atoms with E-state index >= 15 is 0 Å². The van der Waals surface area contributed by atoms with E-state index in [1.807, 2.05) is 38.3 Å². The molecule has 2 nitrogen and oxygen atoms in total. The molecule has 15 heavy (non-hydrogen) atoms. The highest BCUT2D eigenvalue weighted by molar-refractivity contribution is 5.61. The zero-order valence-electron chi connectivity index (χ0n) is 9.52. The molecule has 0 aromatic heterocycles. The SMILES string of the molecule is CCOC(C)CN=CCc1ccccc1. The Morgan fingerprint density at radius 2 is 2.07 bits per heavy atom. The number of hydrogen-bond donors (Lipinski definition) is 0. The first kappa shape index (κ1) is 11.9. The van der Waals surface area contributed by atoms with Crippen molar-refractivity contribution in [1.82, 2.24) is 0 Å². The molecule has 1 aromatic carbocycles. The second kappa shape index (κ2) is 7.18. The number of hydrogen-bond acceptors (Lipinski definition) is 2. The maximum absolute atomic E-state index is 5.38. The van der Waals surface area contributed by atoms with Gasteiger partial charge < -0.3 is 4.74 Å². The summed E-state index contributed by atoms with van der Waals surface area (Å²) in [5.74, 6) is 0. The summed E-state index contributed by atoms with van der Waals surface area (Å²) in [4.78, 5) is 4.34. The second-order valence-corrected chi connectivity index (χ2v) is 3.50. The second-order valence-electron chi connectivity index (χ2n) is 3.50. The van der Waals surface area contributed by atoms with Crippen LogP contribution in [0.3, 0.4) is 0 Å². The van der Waals surface area contributed by atoms with Crippen LogP contribution in [0.4, 0.5) is 0 Å². The van der Waals surface area contributed by atoms with Gasteiger partial charge in [-0.25, -0.2) is 0 Å². The topological polar surface area (TPSA) is 21.6 Å². The maximum atomic E-state index is 5.38. The summed E-state index contributed by atoms with van der Waals surface area (Å²) in [6.45, 7) is 5.56. The average Bonchev–Trinajstić information content (AvgIpc) is 2.26. The van der Waals surface area contributed by atoms with Gasteiger partial charge in [0.1, 0.15) is 0 Å². The quantitative estimate of drug-likeness (QED) is 0.654. The largest absolute Gasteiger partial charge is 0.377 e. The molecule has 1 atom stereocenters. The van der Waals surface area contributed by atoms with E-state index in [9.17, 15) is 0 Å². The van der Waals surface area contributed by atoms with E-state index in [0.717, 1.165) is 19.6 Å². The van der Waals surface area contributed by atoms with Crippen molar-refractivity contribution in [2.24, 2.45) is 4.99 Å². The van der Waals surface area contributed by atoms with Crippen molar-refractivity contribution in [3.05, 3.63) is 35.9 Å². The van der Waals surface area contributed by atoms with Gasteiger partial charge in [-0.15, -0.1) is 0 Å². The van der Waals surface area contributed by atoms with E-state index < -0.39 is 0 Å². The molecule has 0 radical (unpaired) electrons. The molecule has 0 heterocycles. The highest BCUT2D eigenvalue weighted by Gasteiger charge is 1.96. The third-order valence-corrected chi connectivity index (χ3v) is 2.11. The summed E-state index contributed by atoms with van der Waals surface area (Å²) in [6.07, 6.45) is 3.09. The van der Waals surface area contributed by atoms with Gasteiger partial charge in [0.15, 0.2) is 0 Å². The minimum absolute atomic E-state index is 0.224. The van der Waals surface area contributed by atoms with E-state index in [-0.39, 0.29) is 6.10 Å². The lowest BCUT2D eigenvalue weighted by molar-refractivity contribution is 0.0830. The molecular formula is C13H19NO. The van der Waals surface area contributed by atoms with E-state index in [0.29, 0.717) is 0 Å². The molecule has 0 fully saturated rings. The van der Waals surface area contributed by atoms with E-state index in [2.05, 4.69) is 17.1 Å². The first-order chi connectivity index (χ1) is 7.33. The van der Waals surface area contributed by atoms with Crippen molar-refractivity contribution in [2.45, 2.75) is 26.4 Å². The molecular weight excluding hydrogens is 186 g/mol. The molecule has 0 N–H and O–H groups in total. The summed E-state index contributed by atoms with van der Waals surface area (Å²) in [7, 11) is 0. The number of rotatable bonds is 6. The predicted octanol–water partition coefficient (Wildman–Crippen LogP) is 2.72. The summed E-state index contributed by atoms with van der Waals surface area (Å²) >= 11 is 0. The monoisotopic (exact) mass is 205 g/mol. The van der Waals surface area contributed by atoms with Crippen LogP contribution in [0.2, 0.25) is 0 Å². The molecule has 82 valence electrons. The van der Waals surface area contributed by atoms with Gasteiger partial charge in [-0.05, 0) is 19.4 Å². The average molecular weight is 205 g/mol. The van der Waals surface area contributed by atoms with Crippen LogP contribution >= 0.6 is 0 Å². The molecule has 0 bridgehead atoms. The van der Waals surface area contributed by atoms with Crippen LogP contribution in [-0.4, -0.2) is 25.5 Å². The molecule has 0 aliphatic rings. The van der Waals surface area contributed by atoms with Crippen molar-refractivity contribution in [3.8, 4) is 0 Å². The molecule has 0 saturated heterocycles. The van der Waals surface area contributed by atoms with Crippen molar-refractivity contribution in [2.75, 3.05) is 13.2 Å². The van der Waals surface area contributed by atoms with Crippen LogP contribution in [0.15, 0.2) is 35.3 Å². The Hall–Kier alpha value is -1.15. The Bertz CT molecular complexity index is 282. The van der Waals surface area contributed by atoms with Crippen LogP contribution in [0.25, 0.3) is 0 Å². The molecule has 0 spiro atoms. The van der Waals surface area contributed by atoms with Crippen LogP contribution in [0, 0.1) is 0 Å². The maximum Gasteiger partial charge on any atom is 0.0741 e. The Morgan fingerprint density at radius 1 is 1.33 bits per heavy atom. The lowest BCUT2D eigenvalue weighted by Crippen LogP contribution is -2.11. The lowest BCUT2D eigenvalue weighted by Gasteiger charge is -2.07. The third kappa shape index (κ3) is 5.33. The van der Waals surface area contributed by atoms with Gasteiger partial charge in [0, 0.05) is 19.2 Å². The minimum Gasteiger partial charge on any atom is -0.377 e. The van der Waals surface area contributed by atoms with Crippen molar-refractivity contribution < 1.29 is 4.74 Å². The molecule has 0 saturated carbocycles. The first-order valence-electron chi connectivity index (χ1n) is 5.46. The van der Waals surface area contributed by atoms with Gasteiger partial charge in [0.05, 0.1) is 12.6 Å². The highest BCUT2D eigenvalue weighted by atomic mass is 16.5. The number of ether oxygens (including phenoxy) is 1. The van der Waals surface area contributed by atoms with Gasteiger partial charge in [-0.1, -0.05) is 30.3 Å². The first-order valence-corrected chi connectivity index (χ1v) is 5.46. The molecule has 1 rings (SSSR count). The molecule has 1 aromatic rings. The normalized spacial score (nSPS) is 13.2. The summed E-state index contributed by atoms with van der Waals surface area (Å²) < 4.78 is 5.38. The summed E-state index contributed by atoms with van der Waals surface area (Å²) in [5, 5.41) is 0. The molecule has 1 unspecified atom stereocenters. The summed E-state index contributed by atoms with van der Waals surface area (Å²) in [5.41, 5.74) is 1.30. The fraction of sp³-hybridized carbons (Fsp3) is 0.462. The molecule has 2 heteroatoms. The van der Waals surface area contributed by atoms with Gasteiger partial charge in [-0.2, -0.15) is 0 Å². The van der Waals surface area contributed by atoms with Crippen molar-refractivity contribution in [1.29, 1.82) is 0 Å². The predicted molar refractivity (Wildman–Crippen MR) is 64.6 cm³/mol. The Morgan fingerprint density at radius 3 is 2.73 bits per heavy atom. The fourth-order valence-corrected chi connectivity index (χ4v) is 1.34. The Labute approximate surface area is 92.0 Å². The van der Waals surface area contributed by atoms with Crippen molar-refractivity contribution >= 4 is 6.21 Å². The van der Waals surface area contributed by atoms with Crippen LogP contribution in [-0.2, 0) is 11.2 Å². The third-order valence-electron chi connectivity index (χ3n) is 2.11. The fourth-order valence-electron chi connectivity index (χ4n) is 1.34. The van der Waals surface area contributed by atoms with Crippen LogP contribution in [0.5, 0.6) is 0 Å². The Kier molecular flexibility index (Phi) is 5.71. The standard InChI is InChI=1S/C13H19NO/c1-3-15-12(2)11-14-10-9-13-7-5-4-6-8-13/h4-8,10,12H,3,9,11H2,1-2H3. The number of nitrogens with zero attached hydrogens (tertiary/aromatic N) is 1. The lowest BCUT2D eigenvalue weighted by atomic mass is 10.2. The molecule has 0 aliphatic heterocycles. The smallest absolute Gasteiger partial charge is 0.0741 e. The number of aliphatic imine (C=N–C) groups is 1. The van der Waals surface area contributed by atoms with Gasteiger partial charge in [-0.3, -0.25) is 4.99 Å². The minimum atomic E-state index is 0.224. The van der Waals surface area contributed by atoms with Gasteiger partial charge in [0.2, 0.25) is 0 Å². The Balaban J connectivity index is 2.22. The highest BCUT2D eigenvalue weighted by Crippen LogP contribution is 1.98. The van der Waals surface area contributed by atoms with Gasteiger partial charge >= 0.3 is 0 Å². The zero-order chi connectivity index (χ0) is 10.9. The van der Waals surface area contributed by atoms with E-state index in [1.54, 1.807) is 0 Å². The van der Waals surface area contributed by atoms with Crippen LogP contribution < -0.4 is 0 Å².